The van der Waals surface area contributed by atoms with E-state index in [1.54, 1.807) is 0 Å². The molecule has 2 aliphatic heterocycles. The largest absolute Gasteiger partial charge is 0.311 e. The van der Waals surface area contributed by atoms with Gasteiger partial charge < -0.3 is 10.2 Å². The summed E-state index contributed by atoms with van der Waals surface area (Å²) in [6.45, 7) is 3.82. The summed E-state index contributed by atoms with van der Waals surface area (Å²) in [5, 5.41) is 3.79. The molecule has 2 fully saturated rings. The molecular weight excluding hydrogens is 160 g/mol. The summed E-state index contributed by atoms with van der Waals surface area (Å²) < 4.78 is 0. The van der Waals surface area contributed by atoms with E-state index in [-0.39, 0.29) is 0 Å². The lowest BCUT2D eigenvalue weighted by atomic mass is 9.84. The molecule has 2 heterocycles. The molecule has 0 radical (unpaired) electrons. The van der Waals surface area contributed by atoms with E-state index in [1.165, 1.54) is 58.2 Å². The minimum Gasteiger partial charge on any atom is -0.311 e. The summed E-state index contributed by atoms with van der Waals surface area (Å²) in [6, 6.07) is 0. The number of hydrogen-bond acceptors (Lipinski definition) is 2. The van der Waals surface area contributed by atoms with Crippen molar-refractivity contribution in [2.24, 2.45) is 0 Å². The van der Waals surface area contributed by atoms with Crippen LogP contribution in [-0.4, -0.2) is 37.1 Å². The van der Waals surface area contributed by atoms with Crippen molar-refractivity contribution in [3.05, 3.63) is 0 Å². The van der Waals surface area contributed by atoms with Gasteiger partial charge in [0.25, 0.3) is 0 Å². The van der Waals surface area contributed by atoms with Crippen molar-refractivity contribution in [3.63, 3.8) is 0 Å². The zero-order chi connectivity index (χ0) is 9.15. The minimum absolute atomic E-state index is 0.531. The fraction of sp³-hybridized carbons (Fsp3) is 1.00. The lowest BCUT2D eigenvalue weighted by molar-refractivity contribution is 0.153. The highest BCUT2D eigenvalue weighted by atomic mass is 15.1. The first-order chi connectivity index (χ1) is 6.31. The van der Waals surface area contributed by atoms with Crippen LogP contribution in [0.3, 0.4) is 0 Å². The van der Waals surface area contributed by atoms with Gasteiger partial charge >= 0.3 is 0 Å². The van der Waals surface area contributed by atoms with E-state index in [4.69, 9.17) is 0 Å². The van der Waals surface area contributed by atoms with E-state index in [2.05, 4.69) is 17.3 Å². The van der Waals surface area contributed by atoms with Crippen LogP contribution < -0.4 is 5.32 Å². The van der Waals surface area contributed by atoms with E-state index in [9.17, 15) is 0 Å². The topological polar surface area (TPSA) is 15.3 Å². The summed E-state index contributed by atoms with van der Waals surface area (Å²) in [5.74, 6) is 0. The van der Waals surface area contributed by atoms with Gasteiger partial charge in [0, 0.05) is 5.54 Å². The highest BCUT2D eigenvalue weighted by Crippen LogP contribution is 2.29. The number of likely N-dealkylation sites (tertiary alicyclic amines) is 1. The van der Waals surface area contributed by atoms with Crippen LogP contribution in [0.25, 0.3) is 0 Å². The summed E-state index contributed by atoms with van der Waals surface area (Å²) in [6.07, 6.45) is 8.41. The first kappa shape index (κ1) is 9.47. The number of nitrogens with zero attached hydrogens (tertiary/aromatic N) is 1. The first-order valence-corrected chi connectivity index (χ1v) is 5.74. The van der Waals surface area contributed by atoms with E-state index >= 15 is 0 Å². The van der Waals surface area contributed by atoms with Gasteiger partial charge in [-0.3, -0.25) is 0 Å². The fourth-order valence-corrected chi connectivity index (χ4v) is 2.68. The van der Waals surface area contributed by atoms with Crippen LogP contribution in [0.5, 0.6) is 0 Å². The van der Waals surface area contributed by atoms with Gasteiger partial charge in [-0.15, -0.1) is 0 Å². The predicted octanol–water partition coefficient (Wildman–Crippen LogP) is 1.61. The number of nitrogens with one attached hydrogen (secondary N) is 1. The van der Waals surface area contributed by atoms with Gasteiger partial charge in [-0.05, 0) is 52.4 Å². The van der Waals surface area contributed by atoms with Crippen molar-refractivity contribution in [1.82, 2.24) is 10.2 Å². The maximum Gasteiger partial charge on any atom is 0.0205 e. The monoisotopic (exact) mass is 182 g/mol. The smallest absolute Gasteiger partial charge is 0.0205 e. The van der Waals surface area contributed by atoms with Crippen molar-refractivity contribution in [2.75, 3.05) is 26.7 Å². The third-order valence-corrected chi connectivity index (χ3v) is 3.78. The van der Waals surface area contributed by atoms with Gasteiger partial charge in [0.2, 0.25) is 0 Å². The van der Waals surface area contributed by atoms with Gasteiger partial charge in [0.1, 0.15) is 0 Å². The van der Waals surface area contributed by atoms with Crippen LogP contribution in [0.2, 0.25) is 0 Å². The molecule has 2 nitrogen and oxygen atoms in total. The molecule has 0 amide bonds. The van der Waals surface area contributed by atoms with Crippen LogP contribution in [-0.2, 0) is 0 Å². The van der Waals surface area contributed by atoms with Crippen molar-refractivity contribution in [2.45, 2.75) is 44.1 Å². The Morgan fingerprint density at radius 3 is 2.54 bits per heavy atom. The summed E-state index contributed by atoms with van der Waals surface area (Å²) >= 11 is 0. The molecule has 0 bridgehead atoms. The van der Waals surface area contributed by atoms with Crippen molar-refractivity contribution < 1.29 is 0 Å². The average Bonchev–Trinajstić information content (AvgIpc) is 2.37. The summed E-state index contributed by atoms with van der Waals surface area (Å²) in [5.41, 5.74) is 0.531. The predicted molar refractivity (Wildman–Crippen MR) is 55.9 cm³/mol. The molecule has 1 N–H and O–H groups in total. The second kappa shape index (κ2) is 3.97. The molecule has 1 spiro atoms. The van der Waals surface area contributed by atoms with Crippen molar-refractivity contribution in [3.8, 4) is 0 Å². The van der Waals surface area contributed by atoms with E-state index in [0.717, 1.165) is 0 Å². The van der Waals surface area contributed by atoms with Gasteiger partial charge in [-0.1, -0.05) is 12.8 Å². The third kappa shape index (κ3) is 2.23. The SMILES string of the molecule is CN1CCC2(CCCCCN2)CC1. The summed E-state index contributed by atoms with van der Waals surface area (Å²) in [7, 11) is 2.24. The molecule has 2 rings (SSSR count). The quantitative estimate of drug-likeness (QED) is 0.612. The number of piperidine rings is 1. The van der Waals surface area contributed by atoms with Gasteiger partial charge in [-0.2, -0.15) is 0 Å². The Bertz CT molecular complexity index is 149. The second-order valence-corrected chi connectivity index (χ2v) is 4.82. The Kier molecular flexibility index (Phi) is 2.89. The van der Waals surface area contributed by atoms with Crippen LogP contribution in [0.1, 0.15) is 38.5 Å². The minimum atomic E-state index is 0.531. The van der Waals surface area contributed by atoms with E-state index in [0.29, 0.717) is 5.54 Å². The zero-order valence-corrected chi connectivity index (χ0v) is 8.81. The highest BCUT2D eigenvalue weighted by molar-refractivity contribution is 4.93. The zero-order valence-electron chi connectivity index (χ0n) is 8.81. The van der Waals surface area contributed by atoms with E-state index < -0.39 is 0 Å². The molecule has 76 valence electrons. The molecule has 2 aliphatic rings. The molecule has 0 saturated carbocycles. The fourth-order valence-electron chi connectivity index (χ4n) is 2.68. The Balaban J connectivity index is 1.93. The van der Waals surface area contributed by atoms with Crippen molar-refractivity contribution in [1.29, 1.82) is 0 Å². The van der Waals surface area contributed by atoms with Crippen LogP contribution in [0.15, 0.2) is 0 Å². The average molecular weight is 182 g/mol. The van der Waals surface area contributed by atoms with Gasteiger partial charge in [-0.25, -0.2) is 0 Å². The van der Waals surface area contributed by atoms with Gasteiger partial charge in [0.15, 0.2) is 0 Å². The van der Waals surface area contributed by atoms with Crippen molar-refractivity contribution >= 4 is 0 Å². The molecule has 0 aromatic heterocycles. The third-order valence-electron chi connectivity index (χ3n) is 3.78. The molecule has 0 aliphatic carbocycles. The maximum atomic E-state index is 3.79. The Hall–Kier alpha value is -0.0800. The molecule has 0 aromatic rings. The Morgan fingerprint density at radius 2 is 1.77 bits per heavy atom. The molecule has 13 heavy (non-hydrogen) atoms. The molecular formula is C11H22N2. The van der Waals surface area contributed by atoms with Crippen LogP contribution >= 0.6 is 0 Å². The number of hydrogen-bond donors (Lipinski definition) is 1. The normalized spacial score (nSPS) is 30.2. The molecule has 0 aromatic carbocycles. The maximum absolute atomic E-state index is 3.79. The van der Waals surface area contributed by atoms with Crippen LogP contribution in [0.4, 0.5) is 0 Å². The molecule has 2 heteroatoms. The second-order valence-electron chi connectivity index (χ2n) is 4.82. The lowest BCUT2D eigenvalue weighted by Crippen LogP contribution is -2.52. The Morgan fingerprint density at radius 1 is 1.00 bits per heavy atom. The molecule has 2 saturated heterocycles. The lowest BCUT2D eigenvalue weighted by Gasteiger charge is -2.41. The molecule has 0 atom stereocenters. The standard InChI is InChI=1S/C11H22N2/c1-13-9-6-11(7-10-13)5-3-2-4-8-12-11/h12H,2-10H2,1H3. The summed E-state index contributed by atoms with van der Waals surface area (Å²) in [4.78, 5) is 2.46. The molecule has 0 unspecified atom stereocenters. The first-order valence-electron chi connectivity index (χ1n) is 5.74. The van der Waals surface area contributed by atoms with E-state index in [1.807, 2.05) is 0 Å². The number of rotatable bonds is 0. The van der Waals surface area contributed by atoms with Crippen LogP contribution in [0, 0.1) is 0 Å². The Labute approximate surface area is 81.7 Å². The van der Waals surface area contributed by atoms with Gasteiger partial charge in [0.05, 0.1) is 0 Å². The highest BCUT2D eigenvalue weighted by Gasteiger charge is 2.33.